The molecule has 2 heterocycles. The number of carbonyl (C=O) groups excluding carboxylic acids is 1. The Bertz CT molecular complexity index is 1240. The quantitative estimate of drug-likeness (QED) is 0.361. The Morgan fingerprint density at radius 1 is 1.18 bits per heavy atom. The van der Waals surface area contributed by atoms with Crippen LogP contribution in [-0.4, -0.2) is 47.3 Å². The standard InChI is InChI=1S/C24H23BrN4O4S/c1-4-20-28-29-22(26)16(23(30)27-24(29)34-20)11-15-12-17(25)21(19(13-15)31-3)33-10-9-32-18-8-6-5-7-14(18)2/h5-8,11-13,26H,4,9-10H2,1-3H3/b16-11+,26-22?. The normalized spacial score (nSPS) is 16.4. The lowest BCUT2D eigenvalue weighted by Crippen LogP contribution is -2.35. The number of thioether (sulfide) groups is 1. The van der Waals surface area contributed by atoms with Gasteiger partial charge in [0.15, 0.2) is 17.3 Å². The largest absolute Gasteiger partial charge is 0.493 e. The molecule has 4 rings (SSSR count). The number of para-hydroxylation sites is 1. The van der Waals surface area contributed by atoms with E-state index in [1.54, 1.807) is 25.3 Å². The van der Waals surface area contributed by atoms with Crippen molar-refractivity contribution in [1.82, 2.24) is 5.01 Å². The van der Waals surface area contributed by atoms with E-state index in [2.05, 4.69) is 26.0 Å². The summed E-state index contributed by atoms with van der Waals surface area (Å²) >= 11 is 4.84. The average Bonchev–Trinajstić information content (AvgIpc) is 3.24. The minimum atomic E-state index is -0.472. The lowest BCUT2D eigenvalue weighted by Gasteiger charge is -2.20. The van der Waals surface area contributed by atoms with Crippen LogP contribution in [0.2, 0.25) is 0 Å². The number of carbonyl (C=O) groups is 1. The van der Waals surface area contributed by atoms with E-state index in [9.17, 15) is 4.79 Å². The summed E-state index contributed by atoms with van der Waals surface area (Å²) in [6.07, 6.45) is 2.32. The van der Waals surface area contributed by atoms with E-state index in [0.29, 0.717) is 46.3 Å². The molecular weight excluding hydrogens is 520 g/mol. The summed E-state index contributed by atoms with van der Waals surface area (Å²) in [7, 11) is 1.54. The molecule has 0 aromatic heterocycles. The highest BCUT2D eigenvalue weighted by atomic mass is 79.9. The Morgan fingerprint density at radius 3 is 2.68 bits per heavy atom. The summed E-state index contributed by atoms with van der Waals surface area (Å²) in [6.45, 7) is 4.64. The summed E-state index contributed by atoms with van der Waals surface area (Å²) in [5, 5.41) is 15.5. The monoisotopic (exact) mass is 542 g/mol. The molecule has 0 saturated carbocycles. The van der Waals surface area contributed by atoms with Crippen molar-refractivity contribution < 1.29 is 19.0 Å². The number of ether oxygens (including phenoxy) is 3. The average molecular weight is 543 g/mol. The van der Waals surface area contributed by atoms with Crippen LogP contribution in [0.25, 0.3) is 6.08 Å². The number of nitrogens with zero attached hydrogens (tertiary/aromatic N) is 3. The van der Waals surface area contributed by atoms with Gasteiger partial charge in [-0.15, -0.1) is 0 Å². The SMILES string of the molecule is CCC1=NN2C(=N)/C(=C\c3cc(Br)c(OCCOc4ccccc4C)c(OC)c3)C(=O)N=C2S1. The lowest BCUT2D eigenvalue weighted by atomic mass is 10.1. The Labute approximate surface area is 210 Å². The molecule has 1 N–H and O–H groups in total. The Morgan fingerprint density at radius 2 is 1.94 bits per heavy atom. The molecule has 8 nitrogen and oxygen atoms in total. The van der Waals surface area contributed by atoms with E-state index >= 15 is 0 Å². The van der Waals surface area contributed by atoms with Gasteiger partial charge in [-0.3, -0.25) is 10.2 Å². The highest BCUT2D eigenvalue weighted by Crippen LogP contribution is 2.38. The van der Waals surface area contributed by atoms with Crippen molar-refractivity contribution in [1.29, 1.82) is 5.41 Å². The number of fused-ring (bicyclic) bond motifs is 1. The molecule has 0 radical (unpaired) electrons. The summed E-state index contributed by atoms with van der Waals surface area (Å²) in [4.78, 5) is 16.7. The van der Waals surface area contributed by atoms with Crippen LogP contribution in [0.3, 0.4) is 0 Å². The van der Waals surface area contributed by atoms with Crippen molar-refractivity contribution in [3.63, 3.8) is 0 Å². The maximum atomic E-state index is 12.6. The first-order valence-corrected chi connectivity index (χ1v) is 12.2. The molecule has 2 aromatic carbocycles. The summed E-state index contributed by atoms with van der Waals surface area (Å²) in [5.74, 6) is 1.35. The van der Waals surface area contributed by atoms with E-state index in [-0.39, 0.29) is 11.4 Å². The maximum Gasteiger partial charge on any atom is 0.283 e. The number of halogens is 1. The molecule has 2 aliphatic heterocycles. The molecule has 0 bridgehead atoms. The van der Waals surface area contributed by atoms with Gasteiger partial charge >= 0.3 is 0 Å². The van der Waals surface area contributed by atoms with Crippen LogP contribution in [0, 0.1) is 12.3 Å². The number of hydrogen-bond acceptors (Lipinski definition) is 7. The van der Waals surface area contributed by atoms with Crippen LogP contribution < -0.4 is 14.2 Å². The van der Waals surface area contributed by atoms with Crippen molar-refractivity contribution >= 4 is 55.7 Å². The van der Waals surface area contributed by atoms with E-state index in [1.807, 2.05) is 38.1 Å². The molecule has 0 unspecified atom stereocenters. The summed E-state index contributed by atoms with van der Waals surface area (Å²) < 4.78 is 17.9. The van der Waals surface area contributed by atoms with Crippen molar-refractivity contribution in [2.45, 2.75) is 20.3 Å². The fraction of sp³-hybridized carbons (Fsp3) is 0.250. The van der Waals surface area contributed by atoms with Gasteiger partial charge in [-0.2, -0.15) is 15.1 Å². The summed E-state index contributed by atoms with van der Waals surface area (Å²) in [6, 6.07) is 11.3. The van der Waals surface area contributed by atoms with Gasteiger partial charge in [0.25, 0.3) is 5.91 Å². The van der Waals surface area contributed by atoms with Crippen LogP contribution in [0.1, 0.15) is 24.5 Å². The van der Waals surface area contributed by atoms with Gasteiger partial charge in [0.05, 0.1) is 17.2 Å². The zero-order valence-corrected chi connectivity index (χ0v) is 21.3. The zero-order chi connectivity index (χ0) is 24.2. The second-order valence-corrected chi connectivity index (χ2v) is 9.26. The Kier molecular flexibility index (Phi) is 7.38. The summed E-state index contributed by atoms with van der Waals surface area (Å²) in [5.41, 5.74) is 1.87. The number of methoxy groups -OCH3 is 1. The van der Waals surface area contributed by atoms with E-state index < -0.39 is 5.91 Å². The van der Waals surface area contributed by atoms with Gasteiger partial charge in [0.2, 0.25) is 5.17 Å². The zero-order valence-electron chi connectivity index (χ0n) is 18.9. The number of benzene rings is 2. The molecule has 0 saturated heterocycles. The predicted octanol–water partition coefficient (Wildman–Crippen LogP) is 5.25. The molecule has 0 aliphatic carbocycles. The third-order valence-corrected chi connectivity index (χ3v) is 6.68. The number of aryl methyl sites for hydroxylation is 1. The first kappa shape index (κ1) is 24.0. The second kappa shape index (κ2) is 10.4. The molecule has 34 heavy (non-hydrogen) atoms. The molecule has 0 spiro atoms. The van der Waals surface area contributed by atoms with Crippen LogP contribution >= 0.6 is 27.7 Å². The first-order chi connectivity index (χ1) is 16.4. The van der Waals surface area contributed by atoms with E-state index in [4.69, 9.17) is 19.6 Å². The van der Waals surface area contributed by atoms with Gasteiger partial charge in [0.1, 0.15) is 24.0 Å². The number of hydrogen-bond donors (Lipinski definition) is 1. The van der Waals surface area contributed by atoms with Gasteiger partial charge in [-0.05, 0) is 76.4 Å². The fourth-order valence-corrected chi connectivity index (χ4v) is 4.72. The number of amidine groups is 2. The molecular formula is C24H23BrN4O4S. The lowest BCUT2D eigenvalue weighted by molar-refractivity contribution is -0.114. The molecule has 0 atom stereocenters. The number of aliphatic imine (C=N–C) groups is 1. The molecule has 176 valence electrons. The van der Waals surface area contributed by atoms with Crippen molar-refractivity contribution in [2.75, 3.05) is 20.3 Å². The van der Waals surface area contributed by atoms with Crippen molar-refractivity contribution in [3.8, 4) is 17.2 Å². The Balaban J connectivity index is 1.50. The highest BCUT2D eigenvalue weighted by molar-refractivity contribution is 9.10. The van der Waals surface area contributed by atoms with Crippen molar-refractivity contribution in [3.05, 3.63) is 57.6 Å². The van der Waals surface area contributed by atoms with Gasteiger partial charge < -0.3 is 14.2 Å². The number of hydrazone groups is 1. The van der Waals surface area contributed by atoms with E-state index in [0.717, 1.165) is 16.4 Å². The minimum absolute atomic E-state index is 0.00489. The smallest absolute Gasteiger partial charge is 0.283 e. The molecule has 1 amide bonds. The van der Waals surface area contributed by atoms with E-state index in [1.165, 1.54) is 16.8 Å². The third kappa shape index (κ3) is 5.02. The molecule has 2 aliphatic rings. The van der Waals surface area contributed by atoms with Gasteiger partial charge in [-0.25, -0.2) is 0 Å². The Hall–Kier alpha value is -3.11. The highest BCUT2D eigenvalue weighted by Gasteiger charge is 2.35. The van der Waals surface area contributed by atoms with Crippen LogP contribution in [-0.2, 0) is 4.79 Å². The maximum absolute atomic E-state index is 12.6. The first-order valence-electron chi connectivity index (χ1n) is 10.6. The van der Waals surface area contributed by atoms with Gasteiger partial charge in [0, 0.05) is 0 Å². The fourth-order valence-electron chi connectivity index (χ4n) is 3.32. The van der Waals surface area contributed by atoms with Gasteiger partial charge in [-0.1, -0.05) is 25.1 Å². The number of nitrogens with one attached hydrogen (secondary N) is 1. The number of amides is 1. The number of rotatable bonds is 8. The molecule has 0 fully saturated rings. The van der Waals surface area contributed by atoms with Crippen LogP contribution in [0.4, 0.5) is 0 Å². The van der Waals surface area contributed by atoms with Crippen molar-refractivity contribution in [2.24, 2.45) is 10.1 Å². The van der Waals surface area contributed by atoms with Crippen LogP contribution in [0.15, 0.2) is 56.5 Å². The molecule has 2 aromatic rings. The second-order valence-electron chi connectivity index (χ2n) is 7.36. The predicted molar refractivity (Wildman–Crippen MR) is 138 cm³/mol. The third-order valence-electron chi connectivity index (χ3n) is 5.04. The topological polar surface area (TPSA) is 96.6 Å². The molecule has 10 heteroatoms. The van der Waals surface area contributed by atoms with Crippen LogP contribution in [0.5, 0.6) is 17.2 Å². The minimum Gasteiger partial charge on any atom is -0.493 e.